The molecule has 2 aromatic rings. The van der Waals surface area contributed by atoms with Crippen molar-refractivity contribution in [3.05, 3.63) is 57.8 Å². The van der Waals surface area contributed by atoms with Crippen LogP contribution >= 0.6 is 28.1 Å². The maximum absolute atomic E-state index is 13.9. The fraction of sp³-hybridized carbons (Fsp3) is 0.0714. The van der Waals surface area contributed by atoms with E-state index in [1.807, 2.05) is 25.1 Å². The predicted molar refractivity (Wildman–Crippen MR) is 84.4 cm³/mol. The molecule has 0 aliphatic heterocycles. The Hall–Kier alpha value is -1.46. The number of hydrogen-bond donors (Lipinski definition) is 2. The zero-order chi connectivity index (χ0) is 14.0. The lowest BCUT2D eigenvalue weighted by molar-refractivity contribution is 0.631. The lowest BCUT2D eigenvalue weighted by atomic mass is 10.2. The molecule has 0 aromatic heterocycles. The second-order valence-electron chi connectivity index (χ2n) is 4.17. The molecule has 2 aromatic carbocycles. The van der Waals surface area contributed by atoms with Gasteiger partial charge in [-0.25, -0.2) is 4.39 Å². The summed E-state index contributed by atoms with van der Waals surface area (Å²) in [5.41, 5.74) is 8.28. The van der Waals surface area contributed by atoms with E-state index in [0.29, 0.717) is 11.3 Å². The van der Waals surface area contributed by atoms with Crippen LogP contribution in [0, 0.1) is 12.7 Å². The van der Waals surface area contributed by atoms with Crippen LogP contribution in [-0.2, 0) is 0 Å². The topological polar surface area (TPSA) is 38.0 Å². The number of aryl methyl sites for hydroxylation is 1. The Morgan fingerprint density at radius 2 is 1.89 bits per heavy atom. The van der Waals surface area contributed by atoms with E-state index in [4.69, 9.17) is 18.0 Å². The van der Waals surface area contributed by atoms with Crippen molar-refractivity contribution in [2.45, 2.75) is 6.92 Å². The van der Waals surface area contributed by atoms with Crippen molar-refractivity contribution < 1.29 is 4.39 Å². The van der Waals surface area contributed by atoms with Gasteiger partial charge in [-0.05, 0) is 58.7 Å². The summed E-state index contributed by atoms with van der Waals surface area (Å²) in [5, 5.41) is 3.03. The molecule has 2 nitrogen and oxygen atoms in total. The average Bonchev–Trinajstić information content (AvgIpc) is 2.34. The molecule has 0 atom stereocenters. The minimum absolute atomic E-state index is 0.182. The summed E-state index contributed by atoms with van der Waals surface area (Å²) >= 11 is 8.25. The molecule has 0 spiro atoms. The van der Waals surface area contributed by atoms with Gasteiger partial charge >= 0.3 is 0 Å². The fourth-order valence-electron chi connectivity index (χ4n) is 1.64. The van der Waals surface area contributed by atoms with E-state index in [2.05, 4.69) is 21.2 Å². The Labute approximate surface area is 124 Å². The molecular weight excluding hydrogens is 327 g/mol. The molecule has 19 heavy (non-hydrogen) atoms. The molecular formula is C14H12BrFN2S. The molecule has 0 aliphatic carbocycles. The van der Waals surface area contributed by atoms with Gasteiger partial charge in [-0.15, -0.1) is 0 Å². The second kappa shape index (κ2) is 5.67. The molecule has 0 saturated heterocycles. The maximum Gasteiger partial charge on any atom is 0.147 e. The Kier molecular flexibility index (Phi) is 4.17. The monoisotopic (exact) mass is 338 g/mol. The first-order valence-corrected chi connectivity index (χ1v) is 6.80. The summed E-state index contributed by atoms with van der Waals surface area (Å²) in [4.78, 5) is 0.182. The van der Waals surface area contributed by atoms with E-state index in [1.54, 1.807) is 12.1 Å². The van der Waals surface area contributed by atoms with Crippen LogP contribution in [0.15, 0.2) is 40.9 Å². The third-order valence-electron chi connectivity index (χ3n) is 2.65. The van der Waals surface area contributed by atoms with Gasteiger partial charge in [-0.1, -0.05) is 18.3 Å². The molecule has 0 unspecified atom stereocenters. The lowest BCUT2D eigenvalue weighted by Gasteiger charge is -2.11. The number of benzene rings is 2. The summed E-state index contributed by atoms with van der Waals surface area (Å²) < 4.78 is 14.8. The summed E-state index contributed by atoms with van der Waals surface area (Å²) in [6.07, 6.45) is 0. The molecule has 0 bridgehead atoms. The van der Waals surface area contributed by atoms with Crippen molar-refractivity contribution in [1.82, 2.24) is 0 Å². The van der Waals surface area contributed by atoms with Gasteiger partial charge < -0.3 is 11.1 Å². The minimum atomic E-state index is -0.391. The molecule has 2 rings (SSSR count). The third-order valence-corrected chi connectivity index (χ3v) is 3.54. The first-order valence-electron chi connectivity index (χ1n) is 5.60. The molecule has 0 amide bonds. The number of rotatable bonds is 3. The zero-order valence-electron chi connectivity index (χ0n) is 10.2. The van der Waals surface area contributed by atoms with E-state index in [0.717, 1.165) is 15.7 Å². The van der Waals surface area contributed by atoms with E-state index in [-0.39, 0.29) is 4.99 Å². The SMILES string of the molecule is Cc1ccc(Nc2ccc(C(N)=S)cc2F)c(Br)c1. The van der Waals surface area contributed by atoms with Crippen LogP contribution < -0.4 is 11.1 Å². The van der Waals surface area contributed by atoms with Crippen LogP contribution in [-0.4, -0.2) is 4.99 Å². The van der Waals surface area contributed by atoms with E-state index in [9.17, 15) is 4.39 Å². The summed E-state index contributed by atoms with van der Waals surface area (Å²) in [6.45, 7) is 1.99. The summed E-state index contributed by atoms with van der Waals surface area (Å²) in [6, 6.07) is 10.4. The van der Waals surface area contributed by atoms with Crippen molar-refractivity contribution in [2.24, 2.45) is 5.73 Å². The van der Waals surface area contributed by atoms with Crippen LogP contribution in [0.25, 0.3) is 0 Å². The largest absolute Gasteiger partial charge is 0.389 e. The molecule has 3 N–H and O–H groups in total. The lowest BCUT2D eigenvalue weighted by Crippen LogP contribution is -2.09. The third kappa shape index (κ3) is 3.30. The van der Waals surface area contributed by atoms with Crippen molar-refractivity contribution in [1.29, 1.82) is 0 Å². The van der Waals surface area contributed by atoms with Crippen molar-refractivity contribution >= 4 is 44.5 Å². The molecule has 98 valence electrons. The van der Waals surface area contributed by atoms with Gasteiger partial charge in [0, 0.05) is 10.0 Å². The van der Waals surface area contributed by atoms with Crippen LogP contribution in [0.3, 0.4) is 0 Å². The molecule has 0 aliphatic rings. The van der Waals surface area contributed by atoms with Gasteiger partial charge in [0.05, 0.1) is 11.4 Å². The summed E-state index contributed by atoms with van der Waals surface area (Å²) in [7, 11) is 0. The number of anilines is 2. The first kappa shape index (κ1) is 14.0. The van der Waals surface area contributed by atoms with Gasteiger partial charge in [0.15, 0.2) is 0 Å². The van der Waals surface area contributed by atoms with Crippen LogP contribution in [0.2, 0.25) is 0 Å². The average molecular weight is 339 g/mol. The highest BCUT2D eigenvalue weighted by Gasteiger charge is 2.07. The number of nitrogens with one attached hydrogen (secondary N) is 1. The van der Waals surface area contributed by atoms with Crippen LogP contribution in [0.5, 0.6) is 0 Å². The molecule has 0 radical (unpaired) electrons. The van der Waals surface area contributed by atoms with Crippen molar-refractivity contribution in [3.63, 3.8) is 0 Å². The number of halogens is 2. The Balaban J connectivity index is 2.31. The van der Waals surface area contributed by atoms with Crippen LogP contribution in [0.4, 0.5) is 15.8 Å². The van der Waals surface area contributed by atoms with Gasteiger partial charge in [-0.2, -0.15) is 0 Å². The number of thiocarbonyl (C=S) groups is 1. The second-order valence-corrected chi connectivity index (χ2v) is 5.46. The smallest absolute Gasteiger partial charge is 0.147 e. The molecule has 0 saturated carbocycles. The molecule has 0 fully saturated rings. The highest BCUT2D eigenvalue weighted by atomic mass is 79.9. The summed E-state index contributed by atoms with van der Waals surface area (Å²) in [5.74, 6) is -0.391. The molecule has 0 heterocycles. The Bertz CT molecular complexity index is 643. The van der Waals surface area contributed by atoms with E-state index < -0.39 is 5.82 Å². The van der Waals surface area contributed by atoms with Gasteiger partial charge in [0.25, 0.3) is 0 Å². The predicted octanol–water partition coefficient (Wildman–Crippen LogP) is 4.27. The Morgan fingerprint density at radius 3 is 2.47 bits per heavy atom. The molecule has 5 heteroatoms. The van der Waals surface area contributed by atoms with Gasteiger partial charge in [0.2, 0.25) is 0 Å². The minimum Gasteiger partial charge on any atom is -0.389 e. The van der Waals surface area contributed by atoms with Crippen molar-refractivity contribution in [2.75, 3.05) is 5.32 Å². The number of hydrogen-bond acceptors (Lipinski definition) is 2. The number of nitrogens with two attached hydrogens (primary N) is 1. The van der Waals surface area contributed by atoms with Gasteiger partial charge in [0.1, 0.15) is 10.8 Å². The standard InChI is InChI=1S/C14H12BrFN2S/c1-8-2-4-12(10(15)6-8)18-13-5-3-9(14(17)19)7-11(13)16/h2-7,18H,1H3,(H2,17,19). The maximum atomic E-state index is 13.9. The fourth-order valence-corrected chi connectivity index (χ4v) is 2.36. The zero-order valence-corrected chi connectivity index (χ0v) is 12.6. The van der Waals surface area contributed by atoms with Crippen molar-refractivity contribution in [3.8, 4) is 0 Å². The van der Waals surface area contributed by atoms with Crippen LogP contribution in [0.1, 0.15) is 11.1 Å². The van der Waals surface area contributed by atoms with E-state index in [1.165, 1.54) is 6.07 Å². The quantitative estimate of drug-likeness (QED) is 0.820. The highest BCUT2D eigenvalue weighted by Crippen LogP contribution is 2.28. The van der Waals surface area contributed by atoms with E-state index >= 15 is 0 Å². The highest BCUT2D eigenvalue weighted by molar-refractivity contribution is 9.10. The van der Waals surface area contributed by atoms with Gasteiger partial charge in [-0.3, -0.25) is 0 Å². The first-order chi connectivity index (χ1) is 8.97. The normalized spacial score (nSPS) is 10.3. The Morgan fingerprint density at radius 1 is 1.21 bits per heavy atom.